The van der Waals surface area contributed by atoms with Crippen LogP contribution >= 0.6 is 0 Å². The highest BCUT2D eigenvalue weighted by Gasteiger charge is 2.16. The Labute approximate surface area is 148 Å². The second-order valence-corrected chi connectivity index (χ2v) is 5.68. The van der Waals surface area contributed by atoms with Crippen LogP contribution in [0.2, 0.25) is 0 Å². The smallest absolute Gasteiger partial charge is 0.263 e. The summed E-state index contributed by atoms with van der Waals surface area (Å²) in [5.41, 5.74) is 2.56. The molecule has 0 amide bonds. The topological polar surface area (TPSA) is 76.7 Å². The molecule has 2 heterocycles. The Morgan fingerprint density at radius 1 is 1.08 bits per heavy atom. The highest BCUT2D eigenvalue weighted by molar-refractivity contribution is 5.73. The Bertz CT molecular complexity index is 1050. The molecule has 0 aliphatic rings. The van der Waals surface area contributed by atoms with Gasteiger partial charge in [-0.05, 0) is 24.6 Å². The number of nitrogens with zero attached hydrogens (tertiary/aromatic N) is 4. The third-order valence-electron chi connectivity index (χ3n) is 3.78. The number of hydrogen-bond donors (Lipinski definition) is 1. The molecule has 0 unspecified atom stereocenters. The molecule has 0 atom stereocenters. The summed E-state index contributed by atoms with van der Waals surface area (Å²) in [4.78, 5) is 12.6. The number of aromatic nitrogens is 4. The van der Waals surface area contributed by atoms with Crippen LogP contribution in [0.5, 0.6) is 0 Å². The highest BCUT2D eigenvalue weighted by Crippen LogP contribution is 2.29. The van der Waals surface area contributed by atoms with Gasteiger partial charge in [0, 0.05) is 11.8 Å². The van der Waals surface area contributed by atoms with E-state index in [0.29, 0.717) is 22.9 Å². The van der Waals surface area contributed by atoms with E-state index in [2.05, 4.69) is 25.4 Å². The monoisotopic (exact) mass is 347 g/mol. The molecule has 6 nitrogen and oxygen atoms in total. The van der Waals surface area contributed by atoms with Gasteiger partial charge in [0.2, 0.25) is 5.82 Å². The lowest BCUT2D eigenvalue weighted by Crippen LogP contribution is -2.00. The van der Waals surface area contributed by atoms with Crippen molar-refractivity contribution in [2.24, 2.45) is 0 Å². The van der Waals surface area contributed by atoms with E-state index in [1.807, 2.05) is 37.3 Å². The maximum Gasteiger partial charge on any atom is 0.263 e. The minimum absolute atomic E-state index is 0.250. The van der Waals surface area contributed by atoms with Gasteiger partial charge in [-0.25, -0.2) is 14.4 Å². The molecule has 1 N–H and O–H groups in total. The zero-order chi connectivity index (χ0) is 17.9. The van der Waals surface area contributed by atoms with Gasteiger partial charge in [0.25, 0.3) is 5.89 Å². The molecule has 0 saturated carbocycles. The quantitative estimate of drug-likeness (QED) is 0.590. The molecule has 26 heavy (non-hydrogen) atoms. The Morgan fingerprint density at radius 3 is 2.77 bits per heavy atom. The Balaban J connectivity index is 1.70. The molecule has 2 aromatic heterocycles. The van der Waals surface area contributed by atoms with Crippen molar-refractivity contribution >= 4 is 11.5 Å². The van der Waals surface area contributed by atoms with Crippen molar-refractivity contribution in [2.45, 2.75) is 6.92 Å². The summed E-state index contributed by atoms with van der Waals surface area (Å²) < 4.78 is 19.4. The number of halogens is 1. The van der Waals surface area contributed by atoms with E-state index in [-0.39, 0.29) is 11.7 Å². The number of anilines is 2. The van der Waals surface area contributed by atoms with E-state index < -0.39 is 0 Å². The van der Waals surface area contributed by atoms with Gasteiger partial charge in [-0.3, -0.25) is 0 Å². The lowest BCUT2D eigenvalue weighted by molar-refractivity contribution is 0.432. The third-order valence-corrected chi connectivity index (χ3v) is 3.78. The first-order valence-electron chi connectivity index (χ1n) is 7.93. The first kappa shape index (κ1) is 15.9. The molecular formula is C19H14FN5O. The van der Waals surface area contributed by atoms with Crippen LogP contribution < -0.4 is 5.32 Å². The fraction of sp³-hybridized carbons (Fsp3) is 0.0526. The molecule has 0 bridgehead atoms. The zero-order valence-corrected chi connectivity index (χ0v) is 13.8. The van der Waals surface area contributed by atoms with Gasteiger partial charge in [-0.2, -0.15) is 4.98 Å². The van der Waals surface area contributed by atoms with Crippen LogP contribution in [0.25, 0.3) is 22.8 Å². The molecule has 0 saturated heterocycles. The van der Waals surface area contributed by atoms with Crippen LogP contribution in [0, 0.1) is 12.7 Å². The fourth-order valence-electron chi connectivity index (χ4n) is 2.49. The Hall–Kier alpha value is -3.61. The van der Waals surface area contributed by atoms with Crippen molar-refractivity contribution < 1.29 is 8.91 Å². The van der Waals surface area contributed by atoms with Crippen LogP contribution in [-0.2, 0) is 0 Å². The van der Waals surface area contributed by atoms with Crippen molar-refractivity contribution in [1.29, 1.82) is 0 Å². The van der Waals surface area contributed by atoms with E-state index in [0.717, 1.165) is 11.1 Å². The second-order valence-electron chi connectivity index (χ2n) is 5.68. The summed E-state index contributed by atoms with van der Waals surface area (Å²) in [6.07, 6.45) is 2.92. The molecule has 0 aliphatic carbocycles. The highest BCUT2D eigenvalue weighted by atomic mass is 19.1. The average Bonchev–Trinajstić information content (AvgIpc) is 3.16. The van der Waals surface area contributed by atoms with Crippen LogP contribution in [-0.4, -0.2) is 20.1 Å². The zero-order valence-electron chi connectivity index (χ0n) is 13.8. The standard InChI is InChI=1S/C19H14FN5O/c1-12-7-8-15(20)16(9-12)23-18-14(10-21-11-22-18)19-24-17(25-26-19)13-5-3-2-4-6-13/h2-11H,1H3,(H,21,22,23). The summed E-state index contributed by atoms with van der Waals surface area (Å²) in [5, 5.41) is 6.97. The van der Waals surface area contributed by atoms with Crippen molar-refractivity contribution in [2.75, 3.05) is 5.32 Å². The van der Waals surface area contributed by atoms with Crippen LogP contribution in [0.4, 0.5) is 15.9 Å². The predicted octanol–water partition coefficient (Wildman–Crippen LogP) is 4.38. The number of rotatable bonds is 4. The molecule has 7 heteroatoms. The van der Waals surface area contributed by atoms with Gasteiger partial charge in [-0.15, -0.1) is 0 Å². The largest absolute Gasteiger partial charge is 0.337 e. The van der Waals surface area contributed by atoms with Gasteiger partial charge in [-0.1, -0.05) is 41.6 Å². The summed E-state index contributed by atoms with van der Waals surface area (Å²) in [5.74, 6) is 0.709. The van der Waals surface area contributed by atoms with Gasteiger partial charge in [0.1, 0.15) is 23.5 Å². The van der Waals surface area contributed by atoms with Gasteiger partial charge in [0.15, 0.2) is 0 Å². The summed E-state index contributed by atoms with van der Waals surface area (Å²) >= 11 is 0. The first-order chi connectivity index (χ1) is 12.7. The lowest BCUT2D eigenvalue weighted by atomic mass is 10.2. The number of aryl methyl sites for hydroxylation is 1. The third kappa shape index (κ3) is 3.14. The molecule has 128 valence electrons. The SMILES string of the molecule is Cc1ccc(F)c(Nc2ncncc2-c2nc(-c3ccccc3)no2)c1. The van der Waals surface area contributed by atoms with Crippen molar-refractivity contribution in [3.8, 4) is 22.8 Å². The van der Waals surface area contributed by atoms with E-state index in [9.17, 15) is 4.39 Å². The van der Waals surface area contributed by atoms with E-state index in [1.54, 1.807) is 18.3 Å². The number of hydrogen-bond acceptors (Lipinski definition) is 6. The van der Waals surface area contributed by atoms with Crippen molar-refractivity contribution in [3.63, 3.8) is 0 Å². The van der Waals surface area contributed by atoms with Gasteiger partial charge >= 0.3 is 0 Å². The second kappa shape index (κ2) is 6.72. The Morgan fingerprint density at radius 2 is 1.92 bits per heavy atom. The minimum atomic E-state index is -0.379. The maximum atomic E-state index is 14.1. The van der Waals surface area contributed by atoms with E-state index in [4.69, 9.17) is 4.52 Å². The van der Waals surface area contributed by atoms with Crippen LogP contribution in [0.15, 0.2) is 65.6 Å². The van der Waals surface area contributed by atoms with Crippen molar-refractivity contribution in [1.82, 2.24) is 20.1 Å². The number of benzene rings is 2. The minimum Gasteiger partial charge on any atom is -0.337 e. The van der Waals surface area contributed by atoms with E-state index >= 15 is 0 Å². The van der Waals surface area contributed by atoms with E-state index in [1.165, 1.54) is 12.4 Å². The number of nitrogens with one attached hydrogen (secondary N) is 1. The fourth-order valence-corrected chi connectivity index (χ4v) is 2.49. The Kier molecular flexibility index (Phi) is 4.10. The van der Waals surface area contributed by atoms with Gasteiger partial charge < -0.3 is 9.84 Å². The first-order valence-corrected chi connectivity index (χ1v) is 7.93. The van der Waals surface area contributed by atoms with Crippen LogP contribution in [0.3, 0.4) is 0 Å². The predicted molar refractivity (Wildman–Crippen MR) is 95.2 cm³/mol. The molecule has 0 fully saturated rings. The molecule has 4 rings (SSSR count). The molecule has 0 aliphatic heterocycles. The maximum absolute atomic E-state index is 14.1. The summed E-state index contributed by atoms with van der Waals surface area (Å²) in [7, 11) is 0. The molecule has 0 spiro atoms. The molecule has 4 aromatic rings. The molecular weight excluding hydrogens is 333 g/mol. The van der Waals surface area contributed by atoms with Gasteiger partial charge in [0.05, 0.1) is 5.69 Å². The lowest BCUT2D eigenvalue weighted by Gasteiger charge is -2.09. The van der Waals surface area contributed by atoms with Crippen molar-refractivity contribution in [3.05, 3.63) is 72.4 Å². The summed E-state index contributed by atoms with van der Waals surface area (Å²) in [6.45, 7) is 1.88. The average molecular weight is 347 g/mol. The molecule has 2 aromatic carbocycles. The molecule has 0 radical (unpaired) electrons. The van der Waals surface area contributed by atoms with Crippen LogP contribution in [0.1, 0.15) is 5.56 Å². The normalized spacial score (nSPS) is 10.7. The summed E-state index contributed by atoms with van der Waals surface area (Å²) in [6, 6.07) is 14.3.